The van der Waals surface area contributed by atoms with Crippen molar-refractivity contribution in [1.82, 2.24) is 19.8 Å². The van der Waals surface area contributed by atoms with Crippen molar-refractivity contribution in [3.05, 3.63) is 53.8 Å². The lowest BCUT2D eigenvalue weighted by molar-refractivity contribution is 0.0741. The van der Waals surface area contributed by atoms with Gasteiger partial charge in [-0.3, -0.25) is 4.79 Å². The molecule has 1 amide bonds. The van der Waals surface area contributed by atoms with Crippen LogP contribution in [0, 0.1) is 17.7 Å². The van der Waals surface area contributed by atoms with E-state index < -0.39 is 0 Å². The number of aromatic nitrogens is 2. The van der Waals surface area contributed by atoms with Crippen LogP contribution in [0.2, 0.25) is 0 Å². The van der Waals surface area contributed by atoms with Crippen LogP contribution in [0.3, 0.4) is 0 Å². The van der Waals surface area contributed by atoms with E-state index in [1.165, 1.54) is 44.4 Å². The molecule has 1 heterocycles. The highest BCUT2D eigenvalue weighted by atomic mass is 19.1. The van der Waals surface area contributed by atoms with Gasteiger partial charge in [-0.05, 0) is 94.1 Å². The van der Waals surface area contributed by atoms with E-state index in [-0.39, 0.29) is 11.7 Å². The first-order chi connectivity index (χ1) is 20.2. The van der Waals surface area contributed by atoms with E-state index in [1.54, 1.807) is 12.1 Å². The third-order valence-electron chi connectivity index (χ3n) is 6.93. The fourth-order valence-corrected chi connectivity index (χ4v) is 4.39. The molecule has 0 saturated heterocycles. The number of halogens is 1. The second-order valence-electron chi connectivity index (χ2n) is 11.3. The van der Waals surface area contributed by atoms with Crippen LogP contribution in [0.5, 0.6) is 0 Å². The summed E-state index contributed by atoms with van der Waals surface area (Å²) in [6.07, 6.45) is 7.43. The zero-order valence-corrected chi connectivity index (χ0v) is 27.9. The number of nitrogens with zero attached hydrogens (tertiary/aromatic N) is 3. The van der Waals surface area contributed by atoms with E-state index in [9.17, 15) is 9.18 Å². The minimum Gasteiger partial charge on any atom is -0.339 e. The Morgan fingerprint density at radius 2 is 1.55 bits per heavy atom. The lowest BCUT2D eigenvalue weighted by atomic mass is 10.1. The monoisotopic (exact) mass is 583 g/mol. The summed E-state index contributed by atoms with van der Waals surface area (Å²) in [6, 6.07) is 11.9. The van der Waals surface area contributed by atoms with Crippen molar-refractivity contribution in [1.29, 1.82) is 0 Å². The smallest absolute Gasteiger partial charge is 0.253 e. The molecule has 0 aliphatic carbocycles. The molecule has 0 unspecified atom stereocenters. The molecule has 0 spiro atoms. The zero-order valence-electron chi connectivity index (χ0n) is 27.9. The van der Waals surface area contributed by atoms with Gasteiger partial charge in [0.05, 0.1) is 11.0 Å². The highest BCUT2D eigenvalue weighted by Gasteiger charge is 2.19. The maximum absolute atomic E-state index is 13.4. The molecule has 0 aliphatic heterocycles. The number of amides is 1. The van der Waals surface area contributed by atoms with Gasteiger partial charge in [0.2, 0.25) is 5.95 Å². The lowest BCUT2D eigenvalue weighted by Gasteiger charge is -2.24. The fourth-order valence-electron chi connectivity index (χ4n) is 4.39. The van der Waals surface area contributed by atoms with E-state index in [0.717, 1.165) is 42.7 Å². The standard InChI is InChI=1S/C26H35FN4O.C7H17N.C2H6/c1-6-31-24-17-20(25(32)30(15-13-18(2)3)16-14-19(4)5)7-12-23(24)29-26(31)28-22-10-8-21(27)9-11-22;1-3-4-5-6-7-8-2;1-2/h7-12,17-19H,6,13-16H2,1-5H3,(H,28,29);8H,3-7H2,1-2H3;1-2H3. The molecule has 3 rings (SSSR count). The van der Waals surface area contributed by atoms with Gasteiger partial charge in [0, 0.05) is 30.9 Å². The predicted octanol–water partition coefficient (Wildman–Crippen LogP) is 9.29. The quantitative estimate of drug-likeness (QED) is 0.175. The summed E-state index contributed by atoms with van der Waals surface area (Å²) in [5.74, 6) is 1.57. The molecule has 7 heteroatoms. The van der Waals surface area contributed by atoms with Gasteiger partial charge in [0.1, 0.15) is 5.82 Å². The number of hydrogen-bond acceptors (Lipinski definition) is 4. The molecule has 1 aromatic heterocycles. The summed E-state index contributed by atoms with van der Waals surface area (Å²) >= 11 is 0. The Labute approximate surface area is 255 Å². The van der Waals surface area contributed by atoms with E-state index in [4.69, 9.17) is 4.98 Å². The summed E-state index contributed by atoms with van der Waals surface area (Å²) < 4.78 is 15.3. The van der Waals surface area contributed by atoms with Crippen molar-refractivity contribution in [3.63, 3.8) is 0 Å². The average molecular weight is 584 g/mol. The number of carbonyl (C=O) groups is 1. The summed E-state index contributed by atoms with van der Waals surface area (Å²) in [7, 11) is 2.01. The van der Waals surface area contributed by atoms with E-state index in [1.807, 2.05) is 55.5 Å². The van der Waals surface area contributed by atoms with Gasteiger partial charge in [0.15, 0.2) is 0 Å². The Hall–Kier alpha value is -2.93. The largest absolute Gasteiger partial charge is 0.339 e. The maximum Gasteiger partial charge on any atom is 0.253 e. The number of imidazole rings is 1. The van der Waals surface area contributed by atoms with Gasteiger partial charge in [0.25, 0.3) is 5.91 Å². The molecule has 236 valence electrons. The third kappa shape index (κ3) is 12.9. The minimum absolute atomic E-state index is 0.0742. The molecule has 2 aromatic carbocycles. The van der Waals surface area contributed by atoms with Crippen LogP contribution in [0.15, 0.2) is 42.5 Å². The van der Waals surface area contributed by atoms with Crippen LogP contribution in [-0.2, 0) is 6.54 Å². The van der Waals surface area contributed by atoms with Crippen LogP contribution in [0.25, 0.3) is 11.0 Å². The molecular weight excluding hydrogens is 525 g/mol. The predicted molar refractivity (Wildman–Crippen MR) is 179 cm³/mol. The first-order valence-electron chi connectivity index (χ1n) is 16.2. The number of aryl methyl sites for hydroxylation is 1. The second kappa shape index (κ2) is 20.9. The van der Waals surface area contributed by atoms with Gasteiger partial charge >= 0.3 is 0 Å². The molecule has 2 N–H and O–H groups in total. The number of nitrogens with one attached hydrogen (secondary N) is 2. The topological polar surface area (TPSA) is 62.2 Å². The third-order valence-corrected chi connectivity index (χ3v) is 6.93. The maximum atomic E-state index is 13.4. The van der Waals surface area contributed by atoms with Crippen LogP contribution in [-0.4, -0.2) is 47.0 Å². The highest BCUT2D eigenvalue weighted by molar-refractivity contribution is 5.98. The summed E-state index contributed by atoms with van der Waals surface area (Å²) in [5.41, 5.74) is 3.19. The Bertz CT molecular complexity index is 1120. The normalized spacial score (nSPS) is 10.8. The van der Waals surface area contributed by atoms with Gasteiger partial charge < -0.3 is 20.1 Å². The highest BCUT2D eigenvalue weighted by Crippen LogP contribution is 2.25. The fraction of sp³-hybridized carbons (Fsp3) is 0.600. The molecule has 42 heavy (non-hydrogen) atoms. The lowest BCUT2D eigenvalue weighted by Crippen LogP contribution is -2.34. The number of anilines is 2. The summed E-state index contributed by atoms with van der Waals surface area (Å²) in [4.78, 5) is 20.1. The van der Waals surface area contributed by atoms with Crippen molar-refractivity contribution in [2.45, 2.75) is 100 Å². The average Bonchev–Trinajstić information content (AvgIpc) is 3.33. The van der Waals surface area contributed by atoms with Crippen LogP contribution >= 0.6 is 0 Å². The SMILES string of the molecule is CC.CCCCCCNC.CCn1c(Nc2ccc(F)cc2)nc2ccc(C(=O)N(CCC(C)C)CCC(C)C)cc21. The van der Waals surface area contributed by atoms with Crippen molar-refractivity contribution >= 4 is 28.6 Å². The number of carbonyl (C=O) groups excluding carboxylic acids is 1. The second-order valence-corrected chi connectivity index (χ2v) is 11.3. The molecule has 0 aliphatic rings. The van der Waals surface area contributed by atoms with Crippen molar-refractivity contribution in [3.8, 4) is 0 Å². The molecule has 0 atom stereocenters. The number of unbranched alkanes of at least 4 members (excludes halogenated alkanes) is 3. The Kier molecular flexibility index (Phi) is 18.4. The van der Waals surface area contributed by atoms with Crippen molar-refractivity contribution in [2.75, 3.05) is 32.0 Å². The number of rotatable bonds is 15. The van der Waals surface area contributed by atoms with Gasteiger partial charge in [-0.15, -0.1) is 0 Å². The van der Waals surface area contributed by atoms with Crippen molar-refractivity contribution in [2.24, 2.45) is 11.8 Å². The first-order valence-corrected chi connectivity index (χ1v) is 16.2. The van der Waals surface area contributed by atoms with Gasteiger partial charge in [-0.1, -0.05) is 67.7 Å². The molecule has 0 radical (unpaired) electrons. The van der Waals surface area contributed by atoms with E-state index >= 15 is 0 Å². The van der Waals surface area contributed by atoms with Crippen molar-refractivity contribution < 1.29 is 9.18 Å². The van der Waals surface area contributed by atoms with E-state index in [2.05, 4.69) is 45.3 Å². The summed E-state index contributed by atoms with van der Waals surface area (Å²) in [6.45, 7) is 20.4. The molecule has 0 saturated carbocycles. The van der Waals surface area contributed by atoms with E-state index in [0.29, 0.717) is 29.9 Å². The van der Waals surface area contributed by atoms with Crippen LogP contribution in [0.1, 0.15) is 104 Å². The Morgan fingerprint density at radius 3 is 2.07 bits per heavy atom. The number of fused-ring (bicyclic) bond motifs is 1. The van der Waals surface area contributed by atoms with Gasteiger partial charge in [-0.2, -0.15) is 0 Å². The van der Waals surface area contributed by atoms with Crippen LogP contribution in [0.4, 0.5) is 16.0 Å². The molecule has 6 nitrogen and oxygen atoms in total. The Balaban J connectivity index is 0.000000762. The Morgan fingerprint density at radius 1 is 0.929 bits per heavy atom. The zero-order chi connectivity index (χ0) is 31.5. The van der Waals surface area contributed by atoms with Crippen LogP contribution < -0.4 is 10.6 Å². The molecular formula is C35H58FN5O. The molecule has 3 aromatic rings. The molecule has 0 fully saturated rings. The van der Waals surface area contributed by atoms with Gasteiger partial charge in [-0.25, -0.2) is 9.37 Å². The molecule has 0 bridgehead atoms. The number of hydrogen-bond donors (Lipinski definition) is 2. The minimum atomic E-state index is -0.276. The first kappa shape index (κ1) is 37.1. The number of benzene rings is 2. The summed E-state index contributed by atoms with van der Waals surface area (Å²) in [5, 5.41) is 6.39.